The van der Waals surface area contributed by atoms with Crippen molar-refractivity contribution in [3.8, 4) is 0 Å². The van der Waals surface area contributed by atoms with Crippen LogP contribution in [0, 0.1) is 0 Å². The van der Waals surface area contributed by atoms with Gasteiger partial charge in [-0.3, -0.25) is 0 Å². The number of hydrogen-bond donors (Lipinski definition) is 1. The molecule has 5 nitrogen and oxygen atoms in total. The van der Waals surface area contributed by atoms with Crippen LogP contribution in [-0.4, -0.2) is 32.3 Å². The summed E-state index contributed by atoms with van der Waals surface area (Å²) in [6.07, 6.45) is 3.32. The highest BCUT2D eigenvalue weighted by atomic mass is 16.6. The number of carbonyl (C=O) groups excluding carboxylic acids is 1. The van der Waals surface area contributed by atoms with Gasteiger partial charge in [-0.2, -0.15) is 0 Å². The van der Waals surface area contributed by atoms with E-state index in [4.69, 9.17) is 13.9 Å². The zero-order chi connectivity index (χ0) is 11.6. The minimum absolute atomic E-state index is 0.0151. The highest BCUT2D eigenvalue weighted by molar-refractivity contribution is 5.70. The monoisotopic (exact) mass is 227 g/mol. The molecule has 1 N–H and O–H groups in total. The van der Waals surface area contributed by atoms with E-state index in [2.05, 4.69) is 5.32 Å². The van der Waals surface area contributed by atoms with Crippen LogP contribution >= 0.6 is 0 Å². The van der Waals surface area contributed by atoms with Crippen molar-refractivity contribution in [1.29, 1.82) is 0 Å². The molecule has 1 rings (SSSR count). The normalized spacial score (nSPS) is 10.3. The molecule has 0 spiro atoms. The summed E-state index contributed by atoms with van der Waals surface area (Å²) >= 11 is 0. The Kier molecular flexibility index (Phi) is 6.29. The summed E-state index contributed by atoms with van der Waals surface area (Å²) in [5.41, 5.74) is 1.09. The molecule has 0 aliphatic carbocycles. The maximum Gasteiger partial charge on any atom is 0.332 e. The highest BCUT2D eigenvalue weighted by Crippen LogP contribution is 1.97. The Bertz CT molecular complexity index is 284. The third kappa shape index (κ3) is 5.53. The summed E-state index contributed by atoms with van der Waals surface area (Å²) in [5, 5.41) is 3.16. The molecule has 0 saturated carbocycles. The summed E-state index contributed by atoms with van der Waals surface area (Å²) in [6.45, 7) is 4.08. The van der Waals surface area contributed by atoms with E-state index in [1.165, 1.54) is 0 Å². The van der Waals surface area contributed by atoms with Crippen molar-refractivity contribution in [2.24, 2.45) is 0 Å². The van der Waals surface area contributed by atoms with Crippen molar-refractivity contribution < 1.29 is 18.7 Å². The summed E-state index contributed by atoms with van der Waals surface area (Å²) in [7, 11) is 0. The lowest BCUT2D eigenvalue weighted by Gasteiger charge is -2.04. The first-order valence-corrected chi connectivity index (χ1v) is 5.28. The number of nitrogens with one attached hydrogen (secondary N) is 1. The van der Waals surface area contributed by atoms with Crippen LogP contribution in [0.5, 0.6) is 0 Å². The van der Waals surface area contributed by atoms with E-state index in [0.29, 0.717) is 19.8 Å². The van der Waals surface area contributed by atoms with Crippen LogP contribution in [0.2, 0.25) is 0 Å². The van der Waals surface area contributed by atoms with E-state index in [1.54, 1.807) is 19.5 Å². The maximum atomic E-state index is 10.9. The fourth-order valence-corrected chi connectivity index (χ4v) is 1.13. The lowest BCUT2D eigenvalue weighted by molar-refractivity contribution is -0.148. The largest absolute Gasteiger partial charge is 0.472 e. The molecule has 0 bridgehead atoms. The summed E-state index contributed by atoms with van der Waals surface area (Å²) < 4.78 is 14.7. The molecule has 16 heavy (non-hydrogen) atoms. The second-order valence-corrected chi connectivity index (χ2v) is 3.17. The first kappa shape index (κ1) is 12.7. The van der Waals surface area contributed by atoms with E-state index in [1.807, 2.05) is 6.07 Å². The SMILES string of the molecule is CCOC(=O)COCCNCc1ccoc1. The van der Waals surface area contributed by atoms with E-state index in [0.717, 1.165) is 12.1 Å². The second kappa shape index (κ2) is 7.90. The fraction of sp³-hybridized carbons (Fsp3) is 0.545. The predicted octanol–water partition coefficient (Wildman–Crippen LogP) is 0.949. The van der Waals surface area contributed by atoms with Gasteiger partial charge in [-0.05, 0) is 13.0 Å². The summed E-state index contributed by atoms with van der Waals surface area (Å²) in [4.78, 5) is 10.9. The number of carbonyl (C=O) groups is 1. The van der Waals surface area contributed by atoms with Gasteiger partial charge in [0.25, 0.3) is 0 Å². The molecule has 1 aromatic heterocycles. The average Bonchev–Trinajstić information content (AvgIpc) is 2.76. The molecule has 0 unspecified atom stereocenters. The molecule has 5 heteroatoms. The van der Waals surface area contributed by atoms with Crippen LogP contribution in [0.3, 0.4) is 0 Å². The highest BCUT2D eigenvalue weighted by Gasteiger charge is 2.00. The van der Waals surface area contributed by atoms with Gasteiger partial charge in [0.1, 0.15) is 6.61 Å². The number of hydrogen-bond acceptors (Lipinski definition) is 5. The van der Waals surface area contributed by atoms with Gasteiger partial charge in [0.05, 0.1) is 25.7 Å². The average molecular weight is 227 g/mol. The molecular weight excluding hydrogens is 210 g/mol. The van der Waals surface area contributed by atoms with Crippen molar-refractivity contribution in [2.75, 3.05) is 26.4 Å². The third-order valence-corrected chi connectivity index (χ3v) is 1.86. The van der Waals surface area contributed by atoms with Crippen LogP contribution < -0.4 is 5.32 Å². The maximum absolute atomic E-state index is 10.9. The Labute approximate surface area is 94.7 Å². The van der Waals surface area contributed by atoms with Crippen LogP contribution in [0.15, 0.2) is 23.0 Å². The van der Waals surface area contributed by atoms with Crippen LogP contribution in [0.4, 0.5) is 0 Å². The van der Waals surface area contributed by atoms with Crippen LogP contribution in [-0.2, 0) is 20.8 Å². The molecule has 1 heterocycles. The minimum Gasteiger partial charge on any atom is -0.472 e. The van der Waals surface area contributed by atoms with Gasteiger partial charge in [0.2, 0.25) is 0 Å². The van der Waals surface area contributed by atoms with E-state index >= 15 is 0 Å². The molecule has 1 aromatic rings. The van der Waals surface area contributed by atoms with Gasteiger partial charge in [0, 0.05) is 18.7 Å². The van der Waals surface area contributed by atoms with Gasteiger partial charge in [0.15, 0.2) is 0 Å². The Balaban J connectivity index is 1.90. The van der Waals surface area contributed by atoms with Gasteiger partial charge in [-0.15, -0.1) is 0 Å². The topological polar surface area (TPSA) is 60.7 Å². The predicted molar refractivity (Wildman–Crippen MR) is 57.9 cm³/mol. The second-order valence-electron chi connectivity index (χ2n) is 3.17. The quantitative estimate of drug-likeness (QED) is 0.529. The Morgan fingerprint density at radius 1 is 1.56 bits per heavy atom. The lowest BCUT2D eigenvalue weighted by atomic mass is 10.3. The molecule has 0 fully saturated rings. The number of furan rings is 1. The van der Waals surface area contributed by atoms with Gasteiger partial charge >= 0.3 is 5.97 Å². The van der Waals surface area contributed by atoms with E-state index < -0.39 is 0 Å². The molecule has 0 aliphatic rings. The Morgan fingerprint density at radius 3 is 3.12 bits per heavy atom. The molecule has 0 aromatic carbocycles. The summed E-state index contributed by atoms with van der Waals surface area (Å²) in [6, 6.07) is 1.90. The van der Waals surface area contributed by atoms with E-state index in [9.17, 15) is 4.79 Å². The smallest absolute Gasteiger partial charge is 0.332 e. The standard InChI is InChI=1S/C11H17NO4/c1-2-16-11(13)9-15-6-4-12-7-10-3-5-14-8-10/h3,5,8,12H,2,4,6-7,9H2,1H3. The third-order valence-electron chi connectivity index (χ3n) is 1.86. The number of ether oxygens (including phenoxy) is 2. The van der Waals surface area contributed by atoms with Crippen molar-refractivity contribution >= 4 is 5.97 Å². The first-order chi connectivity index (χ1) is 7.83. The molecular formula is C11H17NO4. The molecule has 0 radical (unpaired) electrons. The molecule has 90 valence electrons. The first-order valence-electron chi connectivity index (χ1n) is 5.28. The molecule has 0 aliphatic heterocycles. The summed E-state index contributed by atoms with van der Waals surface area (Å²) in [5.74, 6) is -0.322. The molecule has 0 atom stereocenters. The van der Waals surface area contributed by atoms with Gasteiger partial charge < -0.3 is 19.2 Å². The van der Waals surface area contributed by atoms with Gasteiger partial charge in [-0.1, -0.05) is 0 Å². The van der Waals surface area contributed by atoms with Gasteiger partial charge in [-0.25, -0.2) is 4.79 Å². The zero-order valence-electron chi connectivity index (χ0n) is 9.40. The van der Waals surface area contributed by atoms with Crippen molar-refractivity contribution in [2.45, 2.75) is 13.5 Å². The van der Waals surface area contributed by atoms with E-state index in [-0.39, 0.29) is 12.6 Å². The zero-order valence-corrected chi connectivity index (χ0v) is 9.40. The fourth-order valence-electron chi connectivity index (χ4n) is 1.13. The number of rotatable bonds is 8. The van der Waals surface area contributed by atoms with Crippen LogP contribution in [0.1, 0.15) is 12.5 Å². The Hall–Kier alpha value is -1.33. The Morgan fingerprint density at radius 2 is 2.44 bits per heavy atom. The van der Waals surface area contributed by atoms with Crippen molar-refractivity contribution in [1.82, 2.24) is 5.32 Å². The van der Waals surface area contributed by atoms with Crippen molar-refractivity contribution in [3.63, 3.8) is 0 Å². The number of esters is 1. The molecule has 0 amide bonds. The minimum atomic E-state index is -0.322. The lowest BCUT2D eigenvalue weighted by Crippen LogP contribution is -2.21. The van der Waals surface area contributed by atoms with Crippen molar-refractivity contribution in [3.05, 3.63) is 24.2 Å². The van der Waals surface area contributed by atoms with Crippen LogP contribution in [0.25, 0.3) is 0 Å². The molecule has 0 saturated heterocycles.